The molecule has 92 valence electrons. The van der Waals surface area contributed by atoms with Gasteiger partial charge in [0.15, 0.2) is 0 Å². The third kappa shape index (κ3) is 2.49. The molecular weight excluding hydrogens is 214 g/mol. The average Bonchev–Trinajstić information content (AvgIpc) is 2.56. The second-order valence-corrected chi connectivity index (χ2v) is 4.17. The first-order valence-electron chi connectivity index (χ1n) is 4.97. The number of nitrogens with two attached hydrogens (primary N) is 2. The molecule has 0 aromatic heterocycles. The van der Waals surface area contributed by atoms with Crippen molar-refractivity contribution in [3.8, 4) is 0 Å². The lowest BCUT2D eigenvalue weighted by Gasteiger charge is -2.25. The van der Waals surface area contributed by atoms with Crippen LogP contribution < -0.4 is 16.8 Å². The van der Waals surface area contributed by atoms with E-state index in [9.17, 15) is 9.59 Å². The van der Waals surface area contributed by atoms with E-state index in [0.29, 0.717) is 6.61 Å². The zero-order chi connectivity index (χ0) is 12.3. The summed E-state index contributed by atoms with van der Waals surface area (Å²) in [6.45, 7) is 2.02. The average molecular weight is 231 g/mol. The number of amides is 2. The molecule has 0 radical (unpaired) electrons. The van der Waals surface area contributed by atoms with E-state index in [1.165, 1.54) is 0 Å². The molecule has 1 aliphatic rings. The summed E-state index contributed by atoms with van der Waals surface area (Å²) < 4.78 is 5.11. The van der Waals surface area contributed by atoms with Gasteiger partial charge >= 0.3 is 0 Å². The zero-order valence-electron chi connectivity index (χ0n) is 9.10. The van der Waals surface area contributed by atoms with Crippen LogP contribution in [0.4, 0.5) is 0 Å². The summed E-state index contributed by atoms with van der Waals surface area (Å²) in [5, 5.41) is 11.5. The quantitative estimate of drug-likeness (QED) is 0.419. The van der Waals surface area contributed by atoms with Crippen LogP contribution in [0, 0.1) is 5.41 Å². The number of ether oxygens (including phenoxy) is 1. The largest absolute Gasteiger partial charge is 0.381 e. The monoisotopic (exact) mass is 231 g/mol. The lowest BCUT2D eigenvalue weighted by Crippen LogP contribution is -2.52. The minimum atomic E-state index is -1.38. The van der Waals surface area contributed by atoms with Gasteiger partial charge in [-0.05, 0) is 6.92 Å². The molecule has 0 bridgehead atoms. The van der Waals surface area contributed by atoms with E-state index >= 15 is 0 Å². The van der Waals surface area contributed by atoms with Gasteiger partial charge in [0.05, 0.1) is 25.2 Å². The minimum absolute atomic E-state index is 0.212. The van der Waals surface area contributed by atoms with E-state index in [4.69, 9.17) is 21.3 Å². The number of rotatable bonds is 4. The Hall–Kier alpha value is -1.18. The van der Waals surface area contributed by atoms with E-state index in [1.807, 2.05) is 0 Å². The van der Waals surface area contributed by atoms with Crippen LogP contribution in [0.15, 0.2) is 0 Å². The molecule has 1 fully saturated rings. The van der Waals surface area contributed by atoms with E-state index < -0.39 is 23.5 Å². The van der Waals surface area contributed by atoms with Gasteiger partial charge in [-0.3, -0.25) is 9.59 Å². The molecule has 2 amide bonds. The molecule has 1 aliphatic heterocycles. The van der Waals surface area contributed by atoms with Gasteiger partial charge in [-0.15, -0.1) is 0 Å². The van der Waals surface area contributed by atoms with Crippen molar-refractivity contribution in [2.45, 2.75) is 19.1 Å². The van der Waals surface area contributed by atoms with Gasteiger partial charge in [0, 0.05) is 6.04 Å². The maximum Gasteiger partial charge on any atom is 0.248 e. The predicted octanol–water partition coefficient (Wildman–Crippen LogP) is -2.69. The highest BCUT2D eigenvalue weighted by molar-refractivity contribution is 5.85. The topological polar surface area (TPSA) is 128 Å². The maximum absolute atomic E-state index is 11.8. The number of hydrogen-bond acceptors (Lipinski definition) is 5. The zero-order valence-corrected chi connectivity index (χ0v) is 9.10. The number of carbonyl (C=O) groups is 2. The second kappa shape index (κ2) is 4.77. The van der Waals surface area contributed by atoms with Crippen LogP contribution in [0.1, 0.15) is 6.92 Å². The van der Waals surface area contributed by atoms with Crippen molar-refractivity contribution in [3.63, 3.8) is 0 Å². The van der Waals surface area contributed by atoms with E-state index in [2.05, 4.69) is 5.32 Å². The summed E-state index contributed by atoms with van der Waals surface area (Å²) in [4.78, 5) is 22.3. The summed E-state index contributed by atoms with van der Waals surface area (Å²) in [6, 6.07) is -0.391. The van der Waals surface area contributed by atoms with Crippen LogP contribution in [-0.2, 0) is 14.3 Å². The molecule has 1 rings (SSSR count). The Kier molecular flexibility index (Phi) is 3.84. The van der Waals surface area contributed by atoms with Crippen molar-refractivity contribution >= 4 is 11.8 Å². The number of carbonyl (C=O) groups excluding carboxylic acids is 2. The van der Waals surface area contributed by atoms with E-state index in [1.54, 1.807) is 6.92 Å². The van der Waals surface area contributed by atoms with E-state index in [-0.39, 0.29) is 19.1 Å². The summed E-state index contributed by atoms with van der Waals surface area (Å²) in [6.07, 6.45) is -1.38. The minimum Gasteiger partial charge on any atom is -0.381 e. The van der Waals surface area contributed by atoms with Crippen molar-refractivity contribution in [2.24, 2.45) is 16.9 Å². The standard InChI is InChI=1S/C9H17N3O4/c1-9(4-16-3-6(9)10)8(15)12-2-5(13)7(11)14/h5-6,13H,2-4,10H2,1H3,(H2,11,14)(H,12,15). The molecule has 1 heterocycles. The van der Waals surface area contributed by atoms with Gasteiger partial charge in [0.2, 0.25) is 11.8 Å². The molecular formula is C9H17N3O4. The van der Waals surface area contributed by atoms with Gasteiger partial charge in [-0.2, -0.15) is 0 Å². The normalized spacial score (nSPS) is 31.1. The Morgan fingerprint density at radius 3 is 2.75 bits per heavy atom. The second-order valence-electron chi connectivity index (χ2n) is 4.17. The molecule has 0 aromatic carbocycles. The van der Waals surface area contributed by atoms with Crippen LogP contribution in [0.3, 0.4) is 0 Å². The Bertz CT molecular complexity index is 296. The highest BCUT2D eigenvalue weighted by Crippen LogP contribution is 2.26. The third-order valence-corrected chi connectivity index (χ3v) is 2.82. The fraction of sp³-hybridized carbons (Fsp3) is 0.778. The maximum atomic E-state index is 11.8. The lowest BCUT2D eigenvalue weighted by atomic mass is 9.85. The predicted molar refractivity (Wildman–Crippen MR) is 55.1 cm³/mol. The van der Waals surface area contributed by atoms with Crippen LogP contribution in [0.25, 0.3) is 0 Å². The fourth-order valence-electron chi connectivity index (χ4n) is 1.41. The summed E-state index contributed by atoms with van der Waals surface area (Å²) in [5.41, 5.74) is 9.76. The Balaban J connectivity index is 2.49. The number of aliphatic hydroxyl groups is 1. The Morgan fingerprint density at radius 1 is 1.69 bits per heavy atom. The van der Waals surface area contributed by atoms with Gasteiger partial charge < -0.3 is 26.6 Å². The first-order chi connectivity index (χ1) is 7.38. The van der Waals surface area contributed by atoms with Crippen LogP contribution in [0.2, 0.25) is 0 Å². The molecule has 0 aliphatic carbocycles. The highest BCUT2D eigenvalue weighted by Gasteiger charge is 2.44. The molecule has 0 spiro atoms. The van der Waals surface area contributed by atoms with Gasteiger partial charge in [0.25, 0.3) is 0 Å². The molecule has 3 unspecified atom stereocenters. The number of primary amides is 1. The molecule has 7 nitrogen and oxygen atoms in total. The van der Waals surface area contributed by atoms with Crippen LogP contribution >= 0.6 is 0 Å². The Labute approximate surface area is 93.1 Å². The van der Waals surface area contributed by atoms with E-state index in [0.717, 1.165) is 0 Å². The van der Waals surface area contributed by atoms with Crippen molar-refractivity contribution in [1.82, 2.24) is 5.32 Å². The van der Waals surface area contributed by atoms with Gasteiger partial charge in [-0.25, -0.2) is 0 Å². The van der Waals surface area contributed by atoms with Crippen molar-refractivity contribution in [3.05, 3.63) is 0 Å². The van der Waals surface area contributed by atoms with Crippen molar-refractivity contribution < 1.29 is 19.4 Å². The van der Waals surface area contributed by atoms with Gasteiger partial charge in [-0.1, -0.05) is 0 Å². The summed E-state index contributed by atoms with van der Waals surface area (Å²) >= 11 is 0. The van der Waals surface area contributed by atoms with Gasteiger partial charge in [0.1, 0.15) is 6.10 Å². The third-order valence-electron chi connectivity index (χ3n) is 2.82. The summed E-state index contributed by atoms with van der Waals surface area (Å²) in [5.74, 6) is -1.23. The molecule has 0 aromatic rings. The smallest absolute Gasteiger partial charge is 0.248 e. The SMILES string of the molecule is CC1(C(=O)NCC(O)C(N)=O)COCC1N. The first-order valence-corrected chi connectivity index (χ1v) is 4.97. The lowest BCUT2D eigenvalue weighted by molar-refractivity contribution is -0.132. The number of aliphatic hydroxyl groups excluding tert-OH is 1. The molecule has 6 N–H and O–H groups in total. The highest BCUT2D eigenvalue weighted by atomic mass is 16.5. The first kappa shape index (κ1) is 12.9. The molecule has 0 saturated carbocycles. The summed E-state index contributed by atoms with van der Waals surface area (Å²) in [7, 11) is 0. The number of nitrogens with one attached hydrogen (secondary N) is 1. The molecule has 7 heteroatoms. The van der Waals surface area contributed by atoms with Crippen molar-refractivity contribution in [2.75, 3.05) is 19.8 Å². The molecule has 3 atom stereocenters. The van der Waals surface area contributed by atoms with Crippen molar-refractivity contribution in [1.29, 1.82) is 0 Å². The van der Waals surface area contributed by atoms with Crippen LogP contribution in [-0.4, -0.2) is 48.8 Å². The fourth-order valence-corrected chi connectivity index (χ4v) is 1.41. The molecule has 1 saturated heterocycles. The van der Waals surface area contributed by atoms with Crippen LogP contribution in [0.5, 0.6) is 0 Å². The Morgan fingerprint density at radius 2 is 2.31 bits per heavy atom. The molecule has 16 heavy (non-hydrogen) atoms. The number of hydrogen-bond donors (Lipinski definition) is 4.